The van der Waals surface area contributed by atoms with E-state index < -0.39 is 6.17 Å². The average molecular weight is 299 g/mol. The van der Waals surface area contributed by atoms with Gasteiger partial charge in [0.2, 0.25) is 0 Å². The third kappa shape index (κ3) is 2.83. The summed E-state index contributed by atoms with van der Waals surface area (Å²) in [4.78, 5) is 0. The molecule has 106 valence electrons. The molecule has 0 saturated heterocycles. The maximum atomic E-state index is 5.94. The standard InChI is InChI=1S/C16H15ClN4/c17-12-6-8-13(9-7-12)21-15(10-14(20-21)16(18)19)11-4-2-1-3-5-11/h1-10,16H,18-19H2. The van der Waals surface area contributed by atoms with Crippen molar-refractivity contribution in [2.24, 2.45) is 11.5 Å². The van der Waals surface area contributed by atoms with E-state index in [2.05, 4.69) is 5.10 Å². The summed E-state index contributed by atoms with van der Waals surface area (Å²) in [6.45, 7) is 0. The molecule has 5 heteroatoms. The van der Waals surface area contributed by atoms with Crippen LogP contribution in [-0.2, 0) is 0 Å². The minimum absolute atomic E-state index is 0.610. The first kappa shape index (κ1) is 13.8. The van der Waals surface area contributed by atoms with Crippen LogP contribution in [0.4, 0.5) is 0 Å². The molecule has 4 N–H and O–H groups in total. The minimum Gasteiger partial charge on any atom is -0.311 e. The van der Waals surface area contributed by atoms with Gasteiger partial charge in [-0.15, -0.1) is 0 Å². The van der Waals surface area contributed by atoms with E-state index in [1.165, 1.54) is 0 Å². The molecule has 1 heterocycles. The van der Waals surface area contributed by atoms with Crippen LogP contribution in [-0.4, -0.2) is 9.78 Å². The van der Waals surface area contributed by atoms with Crippen LogP contribution in [0.5, 0.6) is 0 Å². The zero-order valence-corrected chi connectivity index (χ0v) is 12.0. The average Bonchev–Trinajstić information content (AvgIpc) is 2.94. The second kappa shape index (κ2) is 5.69. The molecule has 0 bridgehead atoms. The van der Waals surface area contributed by atoms with Crippen molar-refractivity contribution in [1.29, 1.82) is 0 Å². The Morgan fingerprint density at radius 1 is 0.952 bits per heavy atom. The van der Waals surface area contributed by atoms with Gasteiger partial charge in [-0.3, -0.25) is 0 Å². The summed E-state index contributed by atoms with van der Waals surface area (Å²) in [5, 5.41) is 5.19. The van der Waals surface area contributed by atoms with Crippen LogP contribution in [0.3, 0.4) is 0 Å². The predicted octanol–water partition coefficient (Wildman–Crippen LogP) is 3.11. The van der Waals surface area contributed by atoms with Gasteiger partial charge in [0, 0.05) is 10.6 Å². The number of nitrogens with zero attached hydrogens (tertiary/aromatic N) is 2. The molecule has 0 unspecified atom stereocenters. The molecule has 21 heavy (non-hydrogen) atoms. The van der Waals surface area contributed by atoms with E-state index in [0.717, 1.165) is 16.9 Å². The third-order valence-electron chi connectivity index (χ3n) is 3.21. The summed E-state index contributed by atoms with van der Waals surface area (Å²) in [5.74, 6) is 0. The second-order valence-corrected chi connectivity index (χ2v) is 5.17. The largest absolute Gasteiger partial charge is 0.311 e. The Balaban J connectivity index is 2.16. The van der Waals surface area contributed by atoms with Crippen molar-refractivity contribution in [3.63, 3.8) is 0 Å². The highest BCUT2D eigenvalue weighted by molar-refractivity contribution is 6.30. The van der Waals surface area contributed by atoms with Gasteiger partial charge in [-0.1, -0.05) is 41.9 Å². The van der Waals surface area contributed by atoms with Gasteiger partial charge in [0.25, 0.3) is 0 Å². The van der Waals surface area contributed by atoms with Gasteiger partial charge in [0.05, 0.1) is 23.2 Å². The molecule has 3 rings (SSSR count). The number of halogens is 1. The van der Waals surface area contributed by atoms with Gasteiger partial charge in [0.15, 0.2) is 0 Å². The lowest BCUT2D eigenvalue weighted by atomic mass is 10.1. The Kier molecular flexibility index (Phi) is 3.75. The Morgan fingerprint density at radius 2 is 1.62 bits per heavy atom. The summed E-state index contributed by atoms with van der Waals surface area (Å²) in [6, 6.07) is 19.4. The highest BCUT2D eigenvalue weighted by Crippen LogP contribution is 2.25. The Bertz CT molecular complexity index is 733. The summed E-state index contributed by atoms with van der Waals surface area (Å²) in [6.07, 6.45) is -0.610. The van der Waals surface area contributed by atoms with Crippen LogP contribution in [0, 0.1) is 0 Å². The van der Waals surface area contributed by atoms with Crippen molar-refractivity contribution >= 4 is 11.6 Å². The maximum absolute atomic E-state index is 5.94. The van der Waals surface area contributed by atoms with E-state index in [1.807, 2.05) is 65.3 Å². The van der Waals surface area contributed by atoms with E-state index in [-0.39, 0.29) is 0 Å². The number of hydrogen-bond acceptors (Lipinski definition) is 3. The van der Waals surface area contributed by atoms with Crippen molar-refractivity contribution in [3.8, 4) is 16.9 Å². The van der Waals surface area contributed by atoms with Crippen LogP contribution in [0.15, 0.2) is 60.7 Å². The van der Waals surface area contributed by atoms with E-state index in [1.54, 1.807) is 0 Å². The van der Waals surface area contributed by atoms with Crippen LogP contribution in [0.2, 0.25) is 5.02 Å². The van der Waals surface area contributed by atoms with Gasteiger partial charge >= 0.3 is 0 Å². The molecule has 0 saturated carbocycles. The molecule has 0 aliphatic carbocycles. The lowest BCUT2D eigenvalue weighted by Gasteiger charge is -2.07. The van der Waals surface area contributed by atoms with Gasteiger partial charge in [-0.05, 0) is 30.3 Å². The van der Waals surface area contributed by atoms with Crippen LogP contribution >= 0.6 is 11.6 Å². The molecule has 3 aromatic rings. The topological polar surface area (TPSA) is 69.9 Å². The molecule has 4 nitrogen and oxygen atoms in total. The normalized spacial score (nSPS) is 11.0. The SMILES string of the molecule is NC(N)c1cc(-c2ccccc2)n(-c2ccc(Cl)cc2)n1. The molecular weight excluding hydrogens is 284 g/mol. The summed E-state index contributed by atoms with van der Waals surface area (Å²) in [5.41, 5.74) is 15.1. The van der Waals surface area contributed by atoms with E-state index in [4.69, 9.17) is 23.1 Å². The van der Waals surface area contributed by atoms with E-state index >= 15 is 0 Å². The first-order chi connectivity index (χ1) is 10.1. The molecule has 0 amide bonds. The summed E-state index contributed by atoms with van der Waals surface area (Å²) in [7, 11) is 0. The molecule has 2 aromatic carbocycles. The number of hydrogen-bond donors (Lipinski definition) is 2. The molecule has 0 spiro atoms. The fourth-order valence-corrected chi connectivity index (χ4v) is 2.28. The van der Waals surface area contributed by atoms with Gasteiger partial charge in [-0.2, -0.15) is 5.10 Å². The molecule has 0 aliphatic heterocycles. The quantitative estimate of drug-likeness (QED) is 0.730. The molecule has 0 radical (unpaired) electrons. The number of benzene rings is 2. The van der Waals surface area contributed by atoms with Crippen molar-refractivity contribution in [2.45, 2.75) is 6.17 Å². The second-order valence-electron chi connectivity index (χ2n) is 4.73. The first-order valence-corrected chi connectivity index (χ1v) is 6.95. The van der Waals surface area contributed by atoms with E-state index in [0.29, 0.717) is 10.7 Å². The first-order valence-electron chi connectivity index (χ1n) is 6.57. The van der Waals surface area contributed by atoms with Crippen molar-refractivity contribution in [3.05, 3.63) is 71.4 Å². The lowest BCUT2D eigenvalue weighted by molar-refractivity contribution is 0.714. The smallest absolute Gasteiger partial charge is 0.0979 e. The highest BCUT2D eigenvalue weighted by atomic mass is 35.5. The van der Waals surface area contributed by atoms with Gasteiger partial charge < -0.3 is 11.5 Å². The van der Waals surface area contributed by atoms with Crippen molar-refractivity contribution in [2.75, 3.05) is 0 Å². The molecule has 0 fully saturated rings. The third-order valence-corrected chi connectivity index (χ3v) is 3.46. The monoisotopic (exact) mass is 298 g/mol. The Labute approximate surface area is 128 Å². The Hall–Kier alpha value is -2.14. The number of rotatable bonds is 3. The fraction of sp³-hybridized carbons (Fsp3) is 0.0625. The minimum atomic E-state index is -0.610. The zero-order valence-electron chi connectivity index (χ0n) is 11.3. The van der Waals surface area contributed by atoms with E-state index in [9.17, 15) is 0 Å². The molecule has 1 aromatic heterocycles. The maximum Gasteiger partial charge on any atom is 0.0979 e. The summed E-state index contributed by atoms with van der Waals surface area (Å²) >= 11 is 5.94. The number of nitrogens with two attached hydrogens (primary N) is 2. The van der Waals surface area contributed by atoms with Crippen LogP contribution < -0.4 is 11.5 Å². The fourth-order valence-electron chi connectivity index (χ4n) is 2.16. The van der Waals surface area contributed by atoms with Gasteiger partial charge in [-0.25, -0.2) is 4.68 Å². The van der Waals surface area contributed by atoms with Crippen LogP contribution in [0.25, 0.3) is 16.9 Å². The van der Waals surface area contributed by atoms with Crippen molar-refractivity contribution < 1.29 is 0 Å². The predicted molar refractivity (Wildman–Crippen MR) is 85.1 cm³/mol. The highest BCUT2D eigenvalue weighted by Gasteiger charge is 2.13. The van der Waals surface area contributed by atoms with Crippen molar-refractivity contribution in [1.82, 2.24) is 9.78 Å². The molecular formula is C16H15ClN4. The molecule has 0 atom stereocenters. The van der Waals surface area contributed by atoms with Gasteiger partial charge in [0.1, 0.15) is 0 Å². The Morgan fingerprint density at radius 3 is 2.24 bits per heavy atom. The summed E-state index contributed by atoms with van der Waals surface area (Å²) < 4.78 is 1.83. The zero-order chi connectivity index (χ0) is 14.8. The molecule has 0 aliphatic rings. The lowest BCUT2D eigenvalue weighted by Crippen LogP contribution is -2.20. The number of aromatic nitrogens is 2. The van der Waals surface area contributed by atoms with Crippen LogP contribution in [0.1, 0.15) is 11.9 Å².